The minimum absolute atomic E-state index is 0.575. The molecular weight excluding hydrogens is 214 g/mol. The molecule has 1 heterocycles. The highest BCUT2D eigenvalue weighted by Crippen LogP contribution is 2.35. The molecule has 1 aromatic rings. The van der Waals surface area contributed by atoms with Gasteiger partial charge in [0.05, 0.1) is 0 Å². The van der Waals surface area contributed by atoms with Gasteiger partial charge < -0.3 is 5.32 Å². The van der Waals surface area contributed by atoms with Crippen molar-refractivity contribution in [1.82, 2.24) is 5.32 Å². The van der Waals surface area contributed by atoms with Gasteiger partial charge in [0.2, 0.25) is 0 Å². The molecule has 2 atom stereocenters. The molecule has 1 N–H and O–H groups in total. The van der Waals surface area contributed by atoms with Crippen LogP contribution >= 0.6 is 11.3 Å². The number of fused-ring (bicyclic) bond motifs is 1. The van der Waals surface area contributed by atoms with Crippen LogP contribution in [0.15, 0.2) is 6.07 Å². The van der Waals surface area contributed by atoms with Gasteiger partial charge in [-0.05, 0) is 50.3 Å². The molecule has 1 aromatic heterocycles. The number of hydrogen-bond donors (Lipinski definition) is 1. The molecule has 1 aliphatic rings. The maximum Gasteiger partial charge on any atom is 0.0415 e. The van der Waals surface area contributed by atoms with Crippen molar-refractivity contribution in [3.05, 3.63) is 21.4 Å². The molecule has 16 heavy (non-hydrogen) atoms. The molecule has 0 bridgehead atoms. The summed E-state index contributed by atoms with van der Waals surface area (Å²) in [6.45, 7) is 4.64. The van der Waals surface area contributed by atoms with E-state index in [0.29, 0.717) is 6.04 Å². The minimum atomic E-state index is 0.575. The smallest absolute Gasteiger partial charge is 0.0415 e. The van der Waals surface area contributed by atoms with Gasteiger partial charge in [0.1, 0.15) is 0 Å². The molecule has 2 rings (SSSR count). The Morgan fingerprint density at radius 2 is 2.25 bits per heavy atom. The molecule has 0 amide bonds. The molecule has 1 nitrogen and oxygen atoms in total. The fraction of sp³-hybridized carbons (Fsp3) is 0.714. The SMILES string of the molecule is CCC(C)CC(NC)c1cc2c(s1)CCC2. The summed E-state index contributed by atoms with van der Waals surface area (Å²) in [4.78, 5) is 3.21. The van der Waals surface area contributed by atoms with Crippen molar-refractivity contribution in [3.63, 3.8) is 0 Å². The predicted octanol–water partition coefficient (Wildman–Crippen LogP) is 3.93. The van der Waals surface area contributed by atoms with Crippen molar-refractivity contribution < 1.29 is 0 Å². The zero-order valence-electron chi connectivity index (χ0n) is 10.7. The van der Waals surface area contributed by atoms with Crippen LogP contribution < -0.4 is 5.32 Å². The van der Waals surface area contributed by atoms with Crippen molar-refractivity contribution in [3.8, 4) is 0 Å². The third-order valence-electron chi connectivity index (χ3n) is 3.79. The minimum Gasteiger partial charge on any atom is -0.312 e. The molecular formula is C14H23NS. The average molecular weight is 237 g/mol. The van der Waals surface area contributed by atoms with Crippen LogP contribution in [0.3, 0.4) is 0 Å². The molecule has 2 heteroatoms. The standard InChI is InChI=1S/C14H23NS/c1-4-10(2)8-12(15-3)14-9-11-6-5-7-13(11)16-14/h9-10,12,15H,4-8H2,1-3H3. The fourth-order valence-corrected chi connectivity index (χ4v) is 3.85. The highest BCUT2D eigenvalue weighted by Gasteiger charge is 2.20. The number of thiophene rings is 1. The summed E-state index contributed by atoms with van der Waals surface area (Å²) in [5, 5.41) is 3.48. The quantitative estimate of drug-likeness (QED) is 0.818. The van der Waals surface area contributed by atoms with E-state index in [4.69, 9.17) is 0 Å². The zero-order valence-corrected chi connectivity index (χ0v) is 11.5. The van der Waals surface area contributed by atoms with Crippen LogP contribution in [0.2, 0.25) is 0 Å². The Bertz CT molecular complexity index is 321. The maximum atomic E-state index is 3.48. The average Bonchev–Trinajstić information content (AvgIpc) is 2.85. The molecule has 0 fully saturated rings. The lowest BCUT2D eigenvalue weighted by Crippen LogP contribution is -2.17. The van der Waals surface area contributed by atoms with Crippen molar-refractivity contribution in [1.29, 1.82) is 0 Å². The first-order valence-corrected chi connectivity index (χ1v) is 7.35. The van der Waals surface area contributed by atoms with E-state index in [1.54, 1.807) is 15.3 Å². The van der Waals surface area contributed by atoms with Gasteiger partial charge in [-0.3, -0.25) is 0 Å². The van der Waals surface area contributed by atoms with E-state index in [2.05, 4.69) is 32.3 Å². The molecule has 1 aliphatic carbocycles. The van der Waals surface area contributed by atoms with Crippen LogP contribution in [0.25, 0.3) is 0 Å². The summed E-state index contributed by atoms with van der Waals surface area (Å²) in [7, 11) is 2.10. The van der Waals surface area contributed by atoms with Crippen LogP contribution in [-0.4, -0.2) is 7.05 Å². The Balaban J connectivity index is 2.08. The number of hydrogen-bond acceptors (Lipinski definition) is 2. The molecule has 2 unspecified atom stereocenters. The van der Waals surface area contributed by atoms with Gasteiger partial charge >= 0.3 is 0 Å². The van der Waals surface area contributed by atoms with Gasteiger partial charge in [-0.25, -0.2) is 0 Å². The van der Waals surface area contributed by atoms with Crippen LogP contribution in [0.4, 0.5) is 0 Å². The number of aryl methyl sites for hydroxylation is 2. The second-order valence-electron chi connectivity index (χ2n) is 5.04. The zero-order chi connectivity index (χ0) is 11.5. The van der Waals surface area contributed by atoms with Crippen molar-refractivity contribution in [2.75, 3.05) is 7.05 Å². The van der Waals surface area contributed by atoms with E-state index in [1.807, 2.05) is 11.3 Å². The molecule has 0 saturated heterocycles. The highest BCUT2D eigenvalue weighted by atomic mass is 32.1. The predicted molar refractivity (Wildman–Crippen MR) is 72.2 cm³/mol. The molecule has 0 aromatic carbocycles. The summed E-state index contributed by atoms with van der Waals surface area (Å²) in [6, 6.07) is 3.03. The Labute approximate surface area is 103 Å². The van der Waals surface area contributed by atoms with Crippen molar-refractivity contribution in [2.45, 2.75) is 52.0 Å². The van der Waals surface area contributed by atoms with Gasteiger partial charge in [-0.2, -0.15) is 0 Å². The summed E-state index contributed by atoms with van der Waals surface area (Å²) in [6.07, 6.45) is 6.55. The summed E-state index contributed by atoms with van der Waals surface area (Å²) in [5.41, 5.74) is 1.63. The van der Waals surface area contributed by atoms with Gasteiger partial charge in [0.15, 0.2) is 0 Å². The normalized spacial score (nSPS) is 18.4. The second kappa shape index (κ2) is 5.33. The van der Waals surface area contributed by atoms with Crippen LogP contribution in [0.5, 0.6) is 0 Å². The van der Waals surface area contributed by atoms with E-state index in [0.717, 1.165) is 5.92 Å². The first kappa shape index (κ1) is 12.1. The van der Waals surface area contributed by atoms with Crippen LogP contribution in [0, 0.1) is 5.92 Å². The van der Waals surface area contributed by atoms with E-state index < -0.39 is 0 Å². The van der Waals surface area contributed by atoms with E-state index in [1.165, 1.54) is 32.1 Å². The Morgan fingerprint density at radius 1 is 1.44 bits per heavy atom. The maximum absolute atomic E-state index is 3.48. The topological polar surface area (TPSA) is 12.0 Å². The largest absolute Gasteiger partial charge is 0.312 e. The van der Waals surface area contributed by atoms with Crippen molar-refractivity contribution >= 4 is 11.3 Å². The number of rotatable bonds is 5. The van der Waals surface area contributed by atoms with Crippen LogP contribution in [0.1, 0.15) is 54.5 Å². The monoisotopic (exact) mass is 237 g/mol. The van der Waals surface area contributed by atoms with Gasteiger partial charge in [0, 0.05) is 15.8 Å². The van der Waals surface area contributed by atoms with Gasteiger partial charge in [-0.15, -0.1) is 11.3 Å². The molecule has 0 spiro atoms. The summed E-state index contributed by atoms with van der Waals surface area (Å²) >= 11 is 2.04. The Morgan fingerprint density at radius 3 is 2.88 bits per heavy atom. The second-order valence-corrected chi connectivity index (χ2v) is 6.21. The fourth-order valence-electron chi connectivity index (χ4n) is 2.47. The lowest BCUT2D eigenvalue weighted by molar-refractivity contribution is 0.426. The lowest BCUT2D eigenvalue weighted by Gasteiger charge is -2.18. The van der Waals surface area contributed by atoms with Gasteiger partial charge in [0.25, 0.3) is 0 Å². The Hall–Kier alpha value is -0.340. The van der Waals surface area contributed by atoms with E-state index in [-0.39, 0.29) is 0 Å². The molecule has 90 valence electrons. The highest BCUT2D eigenvalue weighted by molar-refractivity contribution is 7.12. The van der Waals surface area contributed by atoms with E-state index in [9.17, 15) is 0 Å². The van der Waals surface area contributed by atoms with E-state index >= 15 is 0 Å². The first-order valence-electron chi connectivity index (χ1n) is 6.53. The first-order chi connectivity index (χ1) is 7.74. The molecule has 0 saturated carbocycles. The number of nitrogens with one attached hydrogen (secondary N) is 1. The third kappa shape index (κ3) is 2.49. The van der Waals surface area contributed by atoms with Crippen LogP contribution in [-0.2, 0) is 12.8 Å². The summed E-state index contributed by atoms with van der Waals surface area (Å²) < 4.78 is 0. The summed E-state index contributed by atoms with van der Waals surface area (Å²) in [5.74, 6) is 0.814. The third-order valence-corrected chi connectivity index (χ3v) is 5.14. The lowest BCUT2D eigenvalue weighted by atomic mass is 9.98. The van der Waals surface area contributed by atoms with Crippen molar-refractivity contribution in [2.24, 2.45) is 5.92 Å². The van der Waals surface area contributed by atoms with Gasteiger partial charge in [-0.1, -0.05) is 20.3 Å². The molecule has 0 radical (unpaired) electrons. The Kier molecular flexibility index (Phi) is 4.04. The molecule has 0 aliphatic heterocycles.